The van der Waals surface area contributed by atoms with E-state index in [1.54, 1.807) is 18.2 Å². The summed E-state index contributed by atoms with van der Waals surface area (Å²) in [5.74, 6) is -0.303. The summed E-state index contributed by atoms with van der Waals surface area (Å²) in [6, 6.07) is 9.28. The average Bonchev–Trinajstić information content (AvgIpc) is 2.86. The van der Waals surface area contributed by atoms with Crippen LogP contribution in [0.4, 0.5) is 0 Å². The van der Waals surface area contributed by atoms with Crippen molar-refractivity contribution in [2.24, 2.45) is 0 Å². The Balaban J connectivity index is 2.24. The van der Waals surface area contributed by atoms with Crippen LogP contribution >= 0.6 is 11.6 Å². The highest BCUT2D eigenvalue weighted by Crippen LogP contribution is 2.28. The molecule has 0 saturated carbocycles. The first-order chi connectivity index (χ1) is 9.11. The smallest absolute Gasteiger partial charge is 0.374 e. The fourth-order valence-corrected chi connectivity index (χ4v) is 1.57. The maximum atomic E-state index is 11.2. The molecular formula is C13H9ClO5. The minimum Gasteiger partial charge on any atom is -0.463 e. The van der Waals surface area contributed by atoms with E-state index >= 15 is 0 Å². The molecule has 6 heteroatoms. The second kappa shape index (κ2) is 5.58. The topological polar surface area (TPSA) is 65.7 Å². The maximum Gasteiger partial charge on any atom is 0.374 e. The van der Waals surface area contributed by atoms with Gasteiger partial charge in [0.2, 0.25) is 5.76 Å². The van der Waals surface area contributed by atoms with Gasteiger partial charge in [0, 0.05) is 6.07 Å². The molecular weight excluding hydrogens is 272 g/mol. The third-order valence-electron chi connectivity index (χ3n) is 2.28. The van der Waals surface area contributed by atoms with Crippen molar-refractivity contribution in [3.63, 3.8) is 0 Å². The first-order valence-corrected chi connectivity index (χ1v) is 5.64. The summed E-state index contributed by atoms with van der Waals surface area (Å²) in [6.45, 7) is 0. The highest BCUT2D eigenvalue weighted by Gasteiger charge is 2.15. The van der Waals surface area contributed by atoms with Gasteiger partial charge in [-0.2, -0.15) is 0 Å². The third-order valence-corrected chi connectivity index (χ3v) is 2.48. The lowest BCUT2D eigenvalue weighted by molar-refractivity contribution is 0.0559. The second-order valence-electron chi connectivity index (χ2n) is 3.48. The minimum absolute atomic E-state index is 0.00665. The van der Waals surface area contributed by atoms with Crippen molar-refractivity contribution in [1.82, 2.24) is 0 Å². The molecule has 0 bridgehead atoms. The quantitative estimate of drug-likeness (QED) is 0.635. The average molecular weight is 281 g/mol. The molecule has 98 valence electrons. The Kier molecular flexibility index (Phi) is 3.87. The van der Waals surface area contributed by atoms with E-state index in [1.165, 1.54) is 25.3 Å². The summed E-state index contributed by atoms with van der Waals surface area (Å²) in [6.07, 6.45) is 0. The van der Waals surface area contributed by atoms with Crippen molar-refractivity contribution < 1.29 is 23.5 Å². The minimum atomic E-state index is -0.643. The first kappa shape index (κ1) is 13.2. The van der Waals surface area contributed by atoms with Crippen molar-refractivity contribution in [2.45, 2.75) is 0 Å². The standard InChI is InChI=1S/C13H9ClO5/c1-17-13(16)10-6-7-11(19-10)18-9-5-3-2-4-8(9)12(14)15/h2-7H,1H3. The normalized spacial score (nSPS) is 10.0. The van der Waals surface area contributed by atoms with Crippen LogP contribution in [0.1, 0.15) is 20.9 Å². The Hall–Kier alpha value is -2.27. The number of halogens is 1. The number of furan rings is 1. The van der Waals surface area contributed by atoms with Crippen LogP contribution in [0.2, 0.25) is 0 Å². The lowest BCUT2D eigenvalue weighted by Crippen LogP contribution is -1.98. The highest BCUT2D eigenvalue weighted by molar-refractivity contribution is 6.68. The van der Waals surface area contributed by atoms with Gasteiger partial charge in [0.05, 0.1) is 12.7 Å². The molecule has 0 fully saturated rings. The first-order valence-electron chi connectivity index (χ1n) is 5.26. The molecule has 2 rings (SSSR count). The Morgan fingerprint density at radius 3 is 2.58 bits per heavy atom. The summed E-state index contributed by atoms with van der Waals surface area (Å²) in [5.41, 5.74) is 0.209. The number of ether oxygens (including phenoxy) is 2. The number of methoxy groups -OCH3 is 1. The van der Waals surface area contributed by atoms with Crippen LogP contribution in [0.25, 0.3) is 0 Å². The summed E-state index contributed by atoms with van der Waals surface area (Å²) >= 11 is 5.43. The predicted molar refractivity (Wildman–Crippen MR) is 66.7 cm³/mol. The molecule has 0 aliphatic carbocycles. The van der Waals surface area contributed by atoms with Gasteiger partial charge in [-0.25, -0.2) is 4.79 Å². The second-order valence-corrected chi connectivity index (χ2v) is 3.83. The van der Waals surface area contributed by atoms with Crippen molar-refractivity contribution in [3.8, 4) is 11.7 Å². The Bertz CT molecular complexity index is 617. The van der Waals surface area contributed by atoms with E-state index in [1.807, 2.05) is 0 Å². The van der Waals surface area contributed by atoms with Crippen LogP contribution in [0, 0.1) is 0 Å². The van der Waals surface area contributed by atoms with E-state index in [9.17, 15) is 9.59 Å². The summed E-state index contributed by atoms with van der Waals surface area (Å²) < 4.78 is 15.0. The summed E-state index contributed by atoms with van der Waals surface area (Å²) in [5, 5.41) is -0.643. The molecule has 1 heterocycles. The number of esters is 1. The van der Waals surface area contributed by atoms with Gasteiger partial charge < -0.3 is 13.9 Å². The number of carbonyl (C=O) groups excluding carboxylic acids is 2. The molecule has 0 unspecified atom stereocenters. The summed E-state index contributed by atoms with van der Waals surface area (Å²) in [4.78, 5) is 22.4. The molecule has 0 spiro atoms. The number of rotatable bonds is 4. The van der Waals surface area contributed by atoms with Gasteiger partial charge in [-0.15, -0.1) is 0 Å². The van der Waals surface area contributed by atoms with Crippen LogP contribution in [0.3, 0.4) is 0 Å². The van der Waals surface area contributed by atoms with E-state index in [4.69, 9.17) is 20.8 Å². The zero-order valence-electron chi connectivity index (χ0n) is 9.88. The molecule has 0 aliphatic rings. The van der Waals surface area contributed by atoms with E-state index in [0.717, 1.165) is 0 Å². The van der Waals surface area contributed by atoms with Gasteiger partial charge >= 0.3 is 5.97 Å². The molecule has 0 saturated heterocycles. The maximum absolute atomic E-state index is 11.2. The Morgan fingerprint density at radius 2 is 1.89 bits per heavy atom. The van der Waals surface area contributed by atoms with Crippen molar-refractivity contribution in [1.29, 1.82) is 0 Å². The molecule has 1 aromatic carbocycles. The van der Waals surface area contributed by atoms with Crippen molar-refractivity contribution >= 4 is 22.8 Å². The van der Waals surface area contributed by atoms with Gasteiger partial charge in [0.15, 0.2) is 0 Å². The molecule has 19 heavy (non-hydrogen) atoms. The zero-order chi connectivity index (χ0) is 13.8. The van der Waals surface area contributed by atoms with Gasteiger partial charge in [0.25, 0.3) is 11.2 Å². The fourth-order valence-electron chi connectivity index (χ4n) is 1.41. The monoisotopic (exact) mass is 280 g/mol. The molecule has 0 N–H and O–H groups in total. The SMILES string of the molecule is COC(=O)c1ccc(Oc2ccccc2C(=O)Cl)o1. The van der Waals surface area contributed by atoms with Crippen LogP contribution in [0.15, 0.2) is 40.8 Å². The molecule has 1 aromatic heterocycles. The highest BCUT2D eigenvalue weighted by atomic mass is 35.5. The Labute approximate surface area is 113 Å². The van der Waals surface area contributed by atoms with E-state index in [0.29, 0.717) is 0 Å². The van der Waals surface area contributed by atoms with Crippen molar-refractivity contribution in [2.75, 3.05) is 7.11 Å². The van der Waals surface area contributed by atoms with Crippen LogP contribution < -0.4 is 4.74 Å². The number of hydrogen-bond acceptors (Lipinski definition) is 5. The number of carbonyl (C=O) groups is 2. The number of benzene rings is 1. The summed E-state index contributed by atoms with van der Waals surface area (Å²) in [7, 11) is 1.24. The lowest BCUT2D eigenvalue weighted by Gasteiger charge is -2.05. The third kappa shape index (κ3) is 2.95. The van der Waals surface area contributed by atoms with E-state index < -0.39 is 11.2 Å². The fraction of sp³-hybridized carbons (Fsp3) is 0.0769. The largest absolute Gasteiger partial charge is 0.463 e. The molecule has 0 atom stereocenters. The van der Waals surface area contributed by atoms with Gasteiger partial charge in [-0.3, -0.25) is 4.79 Å². The van der Waals surface area contributed by atoms with Gasteiger partial charge in [-0.05, 0) is 29.8 Å². The van der Waals surface area contributed by atoms with Crippen LogP contribution in [-0.2, 0) is 4.74 Å². The molecule has 0 aliphatic heterocycles. The number of para-hydroxylation sites is 1. The lowest BCUT2D eigenvalue weighted by atomic mass is 10.2. The van der Waals surface area contributed by atoms with Gasteiger partial charge in [0.1, 0.15) is 5.75 Å². The molecule has 2 aromatic rings. The molecule has 0 amide bonds. The molecule has 5 nitrogen and oxygen atoms in total. The zero-order valence-corrected chi connectivity index (χ0v) is 10.6. The van der Waals surface area contributed by atoms with E-state index in [-0.39, 0.29) is 23.0 Å². The van der Waals surface area contributed by atoms with Crippen LogP contribution in [0.5, 0.6) is 11.7 Å². The number of hydrogen-bond donors (Lipinski definition) is 0. The van der Waals surface area contributed by atoms with Crippen molar-refractivity contribution in [3.05, 3.63) is 47.7 Å². The van der Waals surface area contributed by atoms with E-state index in [2.05, 4.69) is 4.74 Å². The molecule has 0 radical (unpaired) electrons. The Morgan fingerprint density at radius 1 is 1.16 bits per heavy atom. The van der Waals surface area contributed by atoms with Crippen LogP contribution in [-0.4, -0.2) is 18.3 Å². The predicted octanol–water partition coefficient (Wildman–Crippen LogP) is 3.24. The van der Waals surface area contributed by atoms with Gasteiger partial charge in [-0.1, -0.05) is 12.1 Å².